The van der Waals surface area contributed by atoms with E-state index in [-0.39, 0.29) is 17.4 Å². The van der Waals surface area contributed by atoms with Crippen molar-refractivity contribution in [2.45, 2.75) is 56.0 Å². The van der Waals surface area contributed by atoms with Crippen LogP contribution in [0, 0.1) is 0 Å². The van der Waals surface area contributed by atoms with Crippen LogP contribution < -0.4 is 19.9 Å². The number of aromatic nitrogens is 2. The zero-order chi connectivity index (χ0) is 28.8. The normalized spacial score (nSPS) is 17.5. The highest BCUT2D eigenvalue weighted by molar-refractivity contribution is 7.98. The van der Waals surface area contributed by atoms with Crippen molar-refractivity contribution in [3.63, 3.8) is 0 Å². The molecule has 3 heterocycles. The first-order valence-electron chi connectivity index (χ1n) is 14.4. The molecule has 2 aromatic carbocycles. The fourth-order valence-electron chi connectivity index (χ4n) is 5.02. The smallest absolute Gasteiger partial charge is 0.251 e. The Hall–Kier alpha value is -3.30. The van der Waals surface area contributed by atoms with Crippen LogP contribution >= 0.6 is 11.8 Å². The number of hydrogen-bond donors (Lipinski definition) is 1. The molecule has 0 bridgehead atoms. The summed E-state index contributed by atoms with van der Waals surface area (Å²) in [5, 5.41) is 3.77. The van der Waals surface area contributed by atoms with Gasteiger partial charge >= 0.3 is 0 Å². The summed E-state index contributed by atoms with van der Waals surface area (Å²) < 4.78 is 10.9. The van der Waals surface area contributed by atoms with E-state index in [1.165, 1.54) is 5.69 Å². The third kappa shape index (κ3) is 7.71. The number of nitrogens with one attached hydrogen (secondary N) is 1. The molecule has 0 radical (unpaired) electrons. The Morgan fingerprint density at radius 1 is 1.02 bits per heavy atom. The van der Waals surface area contributed by atoms with Gasteiger partial charge in [-0.2, -0.15) is 0 Å². The molecule has 2 aliphatic rings. The Kier molecular flexibility index (Phi) is 9.35. The average Bonchev–Trinajstić information content (AvgIpc) is 3.52. The van der Waals surface area contributed by atoms with Crippen LogP contribution in [0.2, 0.25) is 0 Å². The molecule has 3 aromatic rings. The van der Waals surface area contributed by atoms with E-state index in [1.54, 1.807) is 18.9 Å². The summed E-state index contributed by atoms with van der Waals surface area (Å²) in [4.78, 5) is 27.2. The molecule has 0 spiro atoms. The van der Waals surface area contributed by atoms with Gasteiger partial charge in [0.15, 0.2) is 5.16 Å². The lowest BCUT2D eigenvalue weighted by Crippen LogP contribution is -2.47. The van der Waals surface area contributed by atoms with Gasteiger partial charge in [-0.25, -0.2) is 9.97 Å². The van der Waals surface area contributed by atoms with E-state index in [1.807, 2.05) is 36.4 Å². The van der Waals surface area contributed by atoms with Gasteiger partial charge in [-0.15, -0.1) is 0 Å². The lowest BCUT2D eigenvalue weighted by atomic mass is 9.92. The predicted molar refractivity (Wildman–Crippen MR) is 165 cm³/mol. The van der Waals surface area contributed by atoms with Gasteiger partial charge < -0.3 is 24.6 Å². The molecule has 1 N–H and O–H groups in total. The molecule has 0 aliphatic carbocycles. The summed E-state index contributed by atoms with van der Waals surface area (Å²) in [7, 11) is 1.69. The van der Waals surface area contributed by atoms with Crippen molar-refractivity contribution in [1.82, 2.24) is 15.3 Å². The second kappa shape index (κ2) is 13.1. The van der Waals surface area contributed by atoms with E-state index >= 15 is 0 Å². The summed E-state index contributed by atoms with van der Waals surface area (Å²) in [6, 6.07) is 18.2. The largest absolute Gasteiger partial charge is 0.497 e. The van der Waals surface area contributed by atoms with E-state index < -0.39 is 0 Å². The molecule has 2 aliphatic heterocycles. The summed E-state index contributed by atoms with van der Waals surface area (Å²) in [6.07, 6.45) is 2.22. The van der Waals surface area contributed by atoms with Crippen LogP contribution in [0.1, 0.15) is 55.2 Å². The zero-order valence-electron chi connectivity index (χ0n) is 24.6. The maximum absolute atomic E-state index is 12.5. The molecule has 8 nitrogen and oxygen atoms in total. The number of carbonyl (C=O) groups is 1. The highest BCUT2D eigenvalue weighted by Crippen LogP contribution is 2.30. The molecular weight excluding hydrogens is 534 g/mol. The van der Waals surface area contributed by atoms with Gasteiger partial charge in [0, 0.05) is 67.8 Å². The molecule has 2 fully saturated rings. The summed E-state index contributed by atoms with van der Waals surface area (Å²) in [5.74, 6) is 2.54. The van der Waals surface area contributed by atoms with Gasteiger partial charge in [0.25, 0.3) is 5.91 Å². The van der Waals surface area contributed by atoms with Crippen molar-refractivity contribution in [1.29, 1.82) is 0 Å². The first-order chi connectivity index (χ1) is 19.8. The zero-order valence-corrected chi connectivity index (χ0v) is 25.4. The van der Waals surface area contributed by atoms with Crippen molar-refractivity contribution in [3.8, 4) is 5.75 Å². The van der Waals surface area contributed by atoms with Crippen molar-refractivity contribution >= 4 is 29.2 Å². The number of piperazine rings is 1. The van der Waals surface area contributed by atoms with E-state index in [4.69, 9.17) is 19.4 Å². The van der Waals surface area contributed by atoms with Gasteiger partial charge in [0.2, 0.25) is 0 Å². The fourth-order valence-corrected chi connectivity index (χ4v) is 5.83. The summed E-state index contributed by atoms with van der Waals surface area (Å²) in [6.45, 7) is 11.6. The summed E-state index contributed by atoms with van der Waals surface area (Å²) in [5.41, 5.74) is 3.96. The number of anilines is 2. The van der Waals surface area contributed by atoms with Gasteiger partial charge in [-0.3, -0.25) is 4.79 Å². The number of thioether (sulfide) groups is 1. The van der Waals surface area contributed by atoms with Crippen LogP contribution in [0.25, 0.3) is 0 Å². The molecule has 9 heteroatoms. The third-order valence-electron chi connectivity index (χ3n) is 7.60. The minimum Gasteiger partial charge on any atom is -0.497 e. The monoisotopic (exact) mass is 575 g/mol. The fraction of sp³-hybridized carbons (Fsp3) is 0.469. The number of rotatable bonds is 9. The van der Waals surface area contributed by atoms with Gasteiger partial charge in [0.1, 0.15) is 11.6 Å². The first-order valence-corrected chi connectivity index (χ1v) is 15.4. The standard InChI is InChI=1S/C32H41N5O3S/c1-32(2,3)28-20-29(37-17-15-36(16-18-37)25-11-13-26(39-4)14-12-25)35-31(34-28)41-22-23-7-9-24(10-8-23)30(38)33-21-27-6-5-19-40-27/h7-14,20,27H,5-6,15-19,21-22H2,1-4H3,(H,33,38)/t27-/m0/s1. The van der Waals surface area contributed by atoms with Gasteiger partial charge in [-0.05, 0) is 54.8 Å². The minimum absolute atomic E-state index is 0.0577. The molecule has 1 atom stereocenters. The van der Waals surface area contributed by atoms with E-state index in [9.17, 15) is 4.79 Å². The minimum atomic E-state index is -0.0868. The molecular formula is C32H41N5O3S. The van der Waals surface area contributed by atoms with Crippen molar-refractivity contribution < 1.29 is 14.3 Å². The van der Waals surface area contributed by atoms with Crippen LogP contribution in [0.5, 0.6) is 5.75 Å². The maximum atomic E-state index is 12.5. The lowest BCUT2D eigenvalue weighted by molar-refractivity contribution is 0.0858. The van der Waals surface area contributed by atoms with Crippen LogP contribution in [-0.4, -0.2) is 68.4 Å². The van der Waals surface area contributed by atoms with Crippen molar-refractivity contribution in [2.24, 2.45) is 0 Å². The molecule has 1 amide bonds. The number of hydrogen-bond acceptors (Lipinski definition) is 8. The Morgan fingerprint density at radius 2 is 1.73 bits per heavy atom. The number of amides is 1. The molecule has 1 aromatic heterocycles. The molecule has 5 rings (SSSR count). The highest BCUT2D eigenvalue weighted by atomic mass is 32.2. The van der Waals surface area contributed by atoms with Gasteiger partial charge in [0.05, 0.1) is 18.9 Å². The SMILES string of the molecule is COc1ccc(N2CCN(c3cc(C(C)(C)C)nc(SCc4ccc(C(=O)NC[C@@H]5CCCO5)cc4)n3)CC2)cc1. The number of methoxy groups -OCH3 is 1. The van der Waals surface area contributed by atoms with Crippen LogP contribution in [0.4, 0.5) is 11.5 Å². The predicted octanol–water partition coefficient (Wildman–Crippen LogP) is 5.31. The molecule has 0 unspecified atom stereocenters. The van der Waals surface area contributed by atoms with Gasteiger partial charge in [-0.1, -0.05) is 44.7 Å². The van der Waals surface area contributed by atoms with Crippen molar-refractivity contribution in [3.05, 3.63) is 71.4 Å². The first kappa shape index (κ1) is 29.2. The van der Waals surface area contributed by atoms with Crippen LogP contribution in [0.3, 0.4) is 0 Å². The second-order valence-electron chi connectivity index (χ2n) is 11.6. The second-order valence-corrected chi connectivity index (χ2v) is 12.6. The quantitative estimate of drug-likeness (QED) is 0.272. The Balaban J connectivity index is 1.21. The number of benzene rings is 2. The van der Waals surface area contributed by atoms with Crippen LogP contribution in [0.15, 0.2) is 59.8 Å². The maximum Gasteiger partial charge on any atom is 0.251 e. The molecule has 0 saturated carbocycles. The molecule has 2 saturated heterocycles. The van der Waals surface area contributed by atoms with Crippen molar-refractivity contribution in [2.75, 3.05) is 56.2 Å². The summed E-state index contributed by atoms with van der Waals surface area (Å²) >= 11 is 1.64. The Bertz CT molecular complexity index is 1300. The van der Waals surface area contributed by atoms with E-state index in [2.05, 4.69) is 54.1 Å². The topological polar surface area (TPSA) is 79.8 Å². The average molecular weight is 576 g/mol. The highest BCUT2D eigenvalue weighted by Gasteiger charge is 2.23. The number of nitrogens with zero attached hydrogens (tertiary/aromatic N) is 4. The Morgan fingerprint density at radius 3 is 2.37 bits per heavy atom. The Labute approximate surface area is 247 Å². The van der Waals surface area contributed by atoms with Crippen LogP contribution in [-0.2, 0) is 15.9 Å². The third-order valence-corrected chi connectivity index (χ3v) is 8.52. The van der Waals surface area contributed by atoms with E-state index in [0.29, 0.717) is 12.1 Å². The molecule has 218 valence electrons. The number of carbonyl (C=O) groups excluding carboxylic acids is 1. The lowest BCUT2D eigenvalue weighted by Gasteiger charge is -2.37. The molecule has 41 heavy (non-hydrogen) atoms. The number of ether oxygens (including phenoxy) is 2. The van der Waals surface area contributed by atoms with E-state index in [0.717, 1.165) is 79.4 Å².